The van der Waals surface area contributed by atoms with Crippen molar-refractivity contribution in [3.63, 3.8) is 0 Å². The molecule has 1 saturated heterocycles. The highest BCUT2D eigenvalue weighted by atomic mass is 79.9. The lowest BCUT2D eigenvalue weighted by Crippen LogP contribution is -2.64. The Morgan fingerprint density at radius 3 is 2.57 bits per heavy atom. The Morgan fingerprint density at radius 1 is 1.48 bits per heavy atom. The van der Waals surface area contributed by atoms with E-state index in [0.717, 1.165) is 12.8 Å². The van der Waals surface area contributed by atoms with E-state index < -0.39 is 5.60 Å². The number of nitrogens with zero attached hydrogens (tertiary/aromatic N) is 4. The largest absolute Gasteiger partial charge is 0.444 e. The standard InChI is InChI=1S/C15H20BrN5O2/c1-14(2,3)23-13(22)20-7-15(8-20)4-9(5-15)21-12(18)10(6-17)11(16)19-21/h9H,4-5,7-8,18H2,1-3H3. The molecule has 2 heterocycles. The number of hydrogen-bond acceptors (Lipinski definition) is 5. The number of nitrogens with two attached hydrogens (primary N) is 1. The Bertz CT molecular complexity index is 686. The monoisotopic (exact) mass is 381 g/mol. The molecule has 0 aromatic carbocycles. The van der Waals surface area contributed by atoms with Gasteiger partial charge in [0.05, 0.1) is 6.04 Å². The number of carbonyl (C=O) groups is 1. The van der Waals surface area contributed by atoms with E-state index in [1.165, 1.54) is 0 Å². The van der Waals surface area contributed by atoms with Gasteiger partial charge in [0.2, 0.25) is 0 Å². The predicted molar refractivity (Wildman–Crippen MR) is 87.6 cm³/mol. The zero-order valence-electron chi connectivity index (χ0n) is 13.5. The fourth-order valence-electron chi connectivity index (χ4n) is 3.39. The predicted octanol–water partition coefficient (Wildman–Crippen LogP) is 2.67. The molecule has 7 nitrogen and oxygen atoms in total. The summed E-state index contributed by atoms with van der Waals surface area (Å²) in [6.07, 6.45) is 1.57. The minimum atomic E-state index is -0.467. The molecule has 0 bridgehead atoms. The van der Waals surface area contributed by atoms with E-state index in [-0.39, 0.29) is 17.6 Å². The van der Waals surface area contributed by atoms with Crippen LogP contribution in [0, 0.1) is 16.7 Å². The topological polar surface area (TPSA) is 97.2 Å². The summed E-state index contributed by atoms with van der Waals surface area (Å²) in [5.41, 5.74) is 6.05. The summed E-state index contributed by atoms with van der Waals surface area (Å²) >= 11 is 3.26. The van der Waals surface area contributed by atoms with Gasteiger partial charge in [-0.2, -0.15) is 10.4 Å². The van der Waals surface area contributed by atoms with Gasteiger partial charge in [-0.25, -0.2) is 9.48 Å². The first-order valence-corrected chi connectivity index (χ1v) is 8.35. The van der Waals surface area contributed by atoms with Crippen molar-refractivity contribution in [2.45, 2.75) is 45.3 Å². The summed E-state index contributed by atoms with van der Waals surface area (Å²) in [5, 5.41) is 13.4. The van der Waals surface area contributed by atoms with Crippen molar-refractivity contribution in [3.05, 3.63) is 10.2 Å². The van der Waals surface area contributed by atoms with Gasteiger partial charge < -0.3 is 15.4 Å². The second-order valence-corrected chi connectivity index (χ2v) is 8.26. The van der Waals surface area contributed by atoms with Crippen molar-refractivity contribution in [2.75, 3.05) is 18.8 Å². The summed E-state index contributed by atoms with van der Waals surface area (Å²) in [6.45, 7) is 7.03. The zero-order chi connectivity index (χ0) is 17.0. The summed E-state index contributed by atoms with van der Waals surface area (Å²) in [7, 11) is 0. The number of anilines is 1. The van der Waals surface area contributed by atoms with Crippen LogP contribution in [0.25, 0.3) is 0 Å². The van der Waals surface area contributed by atoms with E-state index in [9.17, 15) is 4.79 Å². The van der Waals surface area contributed by atoms with Gasteiger partial charge in [0.25, 0.3) is 0 Å². The van der Waals surface area contributed by atoms with Crippen molar-refractivity contribution in [1.82, 2.24) is 14.7 Å². The molecular weight excluding hydrogens is 362 g/mol. The molecule has 1 spiro atoms. The number of aromatic nitrogens is 2. The van der Waals surface area contributed by atoms with Crippen LogP contribution in [0.2, 0.25) is 0 Å². The Kier molecular flexibility index (Phi) is 3.59. The third-order valence-electron chi connectivity index (χ3n) is 4.40. The van der Waals surface area contributed by atoms with Crippen LogP contribution in [0.15, 0.2) is 4.60 Å². The molecule has 0 radical (unpaired) electrons. The lowest BCUT2D eigenvalue weighted by molar-refractivity contribution is -0.0924. The lowest BCUT2D eigenvalue weighted by atomic mass is 9.61. The molecule has 0 unspecified atom stereocenters. The fraction of sp³-hybridized carbons (Fsp3) is 0.667. The molecule has 2 N–H and O–H groups in total. The maximum atomic E-state index is 12.0. The summed E-state index contributed by atoms with van der Waals surface area (Å²) in [5.74, 6) is 0.405. The van der Waals surface area contributed by atoms with Gasteiger partial charge >= 0.3 is 6.09 Å². The third-order valence-corrected chi connectivity index (χ3v) is 4.96. The number of ether oxygens (including phenoxy) is 1. The second-order valence-electron chi connectivity index (χ2n) is 7.51. The number of rotatable bonds is 1. The van der Waals surface area contributed by atoms with E-state index in [4.69, 9.17) is 15.7 Å². The van der Waals surface area contributed by atoms with Gasteiger partial charge in [-0.05, 0) is 49.5 Å². The molecule has 2 fully saturated rings. The maximum Gasteiger partial charge on any atom is 0.410 e. The fourth-order valence-corrected chi connectivity index (χ4v) is 3.85. The van der Waals surface area contributed by atoms with Crippen molar-refractivity contribution < 1.29 is 9.53 Å². The highest BCUT2D eigenvalue weighted by Gasteiger charge is 2.55. The second kappa shape index (κ2) is 5.13. The van der Waals surface area contributed by atoms with E-state index in [2.05, 4.69) is 27.1 Å². The average Bonchev–Trinajstić information content (AvgIpc) is 2.58. The number of likely N-dealkylation sites (tertiary alicyclic amines) is 1. The Labute approximate surface area is 143 Å². The van der Waals surface area contributed by atoms with Gasteiger partial charge in [-0.1, -0.05) is 0 Å². The Morgan fingerprint density at radius 2 is 2.09 bits per heavy atom. The van der Waals surface area contributed by atoms with Crippen LogP contribution in [0.5, 0.6) is 0 Å². The molecule has 1 aliphatic heterocycles. The van der Waals surface area contributed by atoms with Gasteiger partial charge in [0.1, 0.15) is 27.7 Å². The number of nitriles is 1. The van der Waals surface area contributed by atoms with Crippen LogP contribution in [0.1, 0.15) is 45.2 Å². The van der Waals surface area contributed by atoms with Crippen molar-refractivity contribution >= 4 is 27.8 Å². The van der Waals surface area contributed by atoms with Crippen LogP contribution < -0.4 is 5.73 Å². The highest BCUT2D eigenvalue weighted by Crippen LogP contribution is 2.54. The van der Waals surface area contributed by atoms with Crippen molar-refractivity contribution in [2.24, 2.45) is 5.41 Å². The molecule has 124 valence electrons. The van der Waals surface area contributed by atoms with Crippen LogP contribution in [-0.2, 0) is 4.74 Å². The first-order valence-electron chi connectivity index (χ1n) is 7.56. The molecule has 1 amide bonds. The minimum absolute atomic E-state index is 0.152. The van der Waals surface area contributed by atoms with Crippen LogP contribution in [0.3, 0.4) is 0 Å². The minimum Gasteiger partial charge on any atom is -0.444 e. The molecule has 1 aliphatic carbocycles. The number of amides is 1. The first kappa shape index (κ1) is 16.1. The number of hydrogen-bond donors (Lipinski definition) is 1. The molecule has 23 heavy (non-hydrogen) atoms. The summed E-state index contributed by atoms with van der Waals surface area (Å²) in [4.78, 5) is 13.7. The molecule has 3 rings (SSSR count). The van der Waals surface area contributed by atoms with Crippen LogP contribution in [-0.4, -0.2) is 39.5 Å². The quantitative estimate of drug-likeness (QED) is 0.806. The number of nitrogen functional groups attached to an aromatic ring is 1. The Balaban J connectivity index is 1.57. The number of halogens is 1. The zero-order valence-corrected chi connectivity index (χ0v) is 15.1. The normalized spacial score (nSPS) is 19.9. The molecule has 1 saturated carbocycles. The molecular formula is C15H20BrN5O2. The molecule has 0 atom stereocenters. The van der Waals surface area contributed by atoms with Crippen molar-refractivity contribution in [3.8, 4) is 6.07 Å². The van der Waals surface area contributed by atoms with Crippen LogP contribution >= 0.6 is 15.9 Å². The lowest BCUT2D eigenvalue weighted by Gasteiger charge is -2.58. The number of carbonyl (C=O) groups excluding carboxylic acids is 1. The summed E-state index contributed by atoms with van der Waals surface area (Å²) < 4.78 is 7.59. The Hall–Kier alpha value is -1.75. The van der Waals surface area contributed by atoms with E-state index in [1.54, 1.807) is 9.58 Å². The van der Waals surface area contributed by atoms with E-state index >= 15 is 0 Å². The summed E-state index contributed by atoms with van der Waals surface area (Å²) in [6, 6.07) is 2.24. The molecule has 1 aromatic heterocycles. The average molecular weight is 382 g/mol. The molecule has 8 heteroatoms. The van der Waals surface area contributed by atoms with E-state index in [1.807, 2.05) is 20.8 Å². The van der Waals surface area contributed by atoms with E-state index in [0.29, 0.717) is 29.1 Å². The van der Waals surface area contributed by atoms with Gasteiger partial charge in [-0.3, -0.25) is 0 Å². The van der Waals surface area contributed by atoms with Gasteiger partial charge in [0, 0.05) is 18.5 Å². The van der Waals surface area contributed by atoms with Crippen LogP contribution in [0.4, 0.5) is 10.6 Å². The molecule has 2 aliphatic rings. The van der Waals surface area contributed by atoms with Gasteiger partial charge in [0.15, 0.2) is 0 Å². The maximum absolute atomic E-state index is 12.0. The smallest absolute Gasteiger partial charge is 0.410 e. The third kappa shape index (κ3) is 2.78. The SMILES string of the molecule is CC(C)(C)OC(=O)N1CC2(CC(n3nc(Br)c(C#N)c3N)C2)C1. The first-order chi connectivity index (χ1) is 10.6. The highest BCUT2D eigenvalue weighted by molar-refractivity contribution is 9.10. The molecule has 1 aromatic rings. The van der Waals surface area contributed by atoms with Gasteiger partial charge in [-0.15, -0.1) is 0 Å². The van der Waals surface area contributed by atoms with Crippen molar-refractivity contribution in [1.29, 1.82) is 5.26 Å².